The van der Waals surface area contributed by atoms with Crippen LogP contribution in [0.3, 0.4) is 0 Å². The van der Waals surface area contributed by atoms with Crippen LogP contribution in [0.4, 0.5) is 17.1 Å². The predicted octanol–water partition coefficient (Wildman–Crippen LogP) is 2.07. The first-order chi connectivity index (χ1) is 13.9. The zero-order valence-electron chi connectivity index (χ0n) is 14.6. The molecule has 0 saturated heterocycles. The van der Waals surface area contributed by atoms with Gasteiger partial charge in [0.05, 0.1) is 15.5 Å². The molecule has 0 aromatic heterocycles. The van der Waals surface area contributed by atoms with E-state index in [4.69, 9.17) is 4.55 Å². The molecule has 12 nitrogen and oxygen atoms in total. The Labute approximate surface area is 225 Å². The second kappa shape index (κ2) is 10.6. The molecule has 0 atom stereocenters. The average Bonchev–Trinajstić information content (AvgIpc) is 2.65. The van der Waals surface area contributed by atoms with Gasteiger partial charge >= 0.3 is 59.1 Å². The molecule has 0 aliphatic carbocycles. The van der Waals surface area contributed by atoms with Gasteiger partial charge in [0.25, 0.3) is 25.9 Å². The number of nitro benzene ring substituents is 1. The van der Waals surface area contributed by atoms with Crippen molar-refractivity contribution in [1.82, 2.24) is 0 Å². The summed E-state index contributed by atoms with van der Waals surface area (Å²) in [5, 5.41) is 28.3. The monoisotopic (exact) mass is 501 g/mol. The number of nitro groups is 1. The number of nitrogens with zero attached hydrogens (tertiary/aromatic N) is 3. The van der Waals surface area contributed by atoms with Gasteiger partial charge in [-0.25, -0.2) is 0 Å². The van der Waals surface area contributed by atoms with Crippen molar-refractivity contribution in [2.75, 3.05) is 0 Å². The number of aromatic hydroxyl groups is 1. The molecule has 0 spiro atoms. The third-order valence-corrected chi connectivity index (χ3v) is 5.64. The molecule has 160 valence electrons. The molecule has 0 amide bonds. The molecule has 0 bridgehead atoms. The zero-order valence-corrected chi connectivity index (χ0v) is 16.2. The van der Waals surface area contributed by atoms with Crippen molar-refractivity contribution in [2.24, 2.45) is 10.2 Å². The van der Waals surface area contributed by atoms with Crippen LogP contribution in [0.15, 0.2) is 68.6 Å². The molecule has 3 aromatic carbocycles. The van der Waals surface area contributed by atoms with Crippen molar-refractivity contribution >= 4 is 107 Å². The van der Waals surface area contributed by atoms with Gasteiger partial charge in [-0.15, -0.1) is 5.11 Å². The summed E-state index contributed by atoms with van der Waals surface area (Å²) in [4.78, 5) is 8.61. The van der Waals surface area contributed by atoms with Gasteiger partial charge in [-0.1, -0.05) is 0 Å². The molecule has 3 N–H and O–H groups in total. The Bertz CT molecular complexity index is 1430. The summed E-state index contributed by atoms with van der Waals surface area (Å²) in [6, 6.07) is 8.55. The Hall–Kier alpha value is -1.46. The first-order valence-corrected chi connectivity index (χ1v) is 10.7. The van der Waals surface area contributed by atoms with E-state index in [2.05, 4.69) is 10.2 Å². The van der Waals surface area contributed by atoms with E-state index in [1.54, 1.807) is 0 Å². The number of hydrogen-bond acceptors (Lipinski definition) is 9. The van der Waals surface area contributed by atoms with Crippen molar-refractivity contribution in [3.05, 3.63) is 58.6 Å². The van der Waals surface area contributed by atoms with Crippen LogP contribution in [0.25, 0.3) is 10.8 Å². The van der Waals surface area contributed by atoms with E-state index in [0.29, 0.717) is 0 Å². The summed E-state index contributed by atoms with van der Waals surface area (Å²) < 4.78 is 64.7. The molecule has 0 aliphatic rings. The molecule has 32 heavy (non-hydrogen) atoms. The number of hydrogen-bond donors (Lipinski definition) is 3. The summed E-state index contributed by atoms with van der Waals surface area (Å²) in [6.45, 7) is 0. The summed E-state index contributed by atoms with van der Waals surface area (Å²) in [7, 11) is -9.54. The van der Waals surface area contributed by atoms with Crippen LogP contribution in [-0.2, 0) is 20.2 Å². The molecule has 0 unspecified atom stereocenters. The third-order valence-electron chi connectivity index (χ3n) is 3.92. The number of fused-ring (bicyclic) bond motifs is 1. The van der Waals surface area contributed by atoms with E-state index < -0.39 is 46.4 Å². The van der Waals surface area contributed by atoms with E-state index in [9.17, 15) is 36.6 Å². The Balaban J connectivity index is 0.00000256. The minimum absolute atomic E-state index is 0. The first-order valence-electron chi connectivity index (χ1n) is 7.79. The van der Waals surface area contributed by atoms with Crippen molar-refractivity contribution in [3.8, 4) is 5.75 Å². The van der Waals surface area contributed by atoms with Crippen molar-refractivity contribution in [2.45, 2.75) is 9.79 Å². The standard InChI is InChI=1S/C16H11N3O9S2.2Na.2H/c20-16-13-6-5-12(29(23,24)25)7-9(13)8-14(30(26,27)28)15(16)18-17-10-1-3-11(4-2-10)19(21)22;;;;/h1-8,20H,(H,23,24,25)(H,26,27,28);;;;. The van der Waals surface area contributed by atoms with Gasteiger partial charge in [0.15, 0.2) is 5.75 Å². The predicted molar refractivity (Wildman–Crippen MR) is 117 cm³/mol. The van der Waals surface area contributed by atoms with Crippen LogP contribution >= 0.6 is 0 Å². The van der Waals surface area contributed by atoms with Gasteiger partial charge in [0.1, 0.15) is 10.6 Å². The quantitative estimate of drug-likeness (QED) is 0.154. The second-order valence-electron chi connectivity index (χ2n) is 5.88. The Morgan fingerprint density at radius 3 is 1.94 bits per heavy atom. The number of non-ortho nitro benzene ring substituents is 1. The zero-order chi connectivity index (χ0) is 22.3. The van der Waals surface area contributed by atoms with Gasteiger partial charge in [-0.2, -0.15) is 21.9 Å². The van der Waals surface area contributed by atoms with Crippen LogP contribution in [0.1, 0.15) is 0 Å². The first kappa shape index (κ1) is 28.6. The van der Waals surface area contributed by atoms with Gasteiger partial charge < -0.3 is 5.11 Å². The van der Waals surface area contributed by atoms with Crippen molar-refractivity contribution < 1.29 is 36.0 Å². The number of phenols is 1. The summed E-state index contributed by atoms with van der Waals surface area (Å²) in [5.74, 6) is -0.729. The topological polar surface area (TPSA) is 197 Å². The average molecular weight is 501 g/mol. The van der Waals surface area contributed by atoms with Crippen LogP contribution in [-0.4, -0.2) is 95.1 Å². The van der Waals surface area contributed by atoms with E-state index in [1.807, 2.05) is 0 Å². The molecular formula is C16H13N3Na2O9S2. The van der Waals surface area contributed by atoms with E-state index in [-0.39, 0.29) is 81.3 Å². The number of azo groups is 1. The molecule has 3 aromatic rings. The van der Waals surface area contributed by atoms with Crippen molar-refractivity contribution in [3.63, 3.8) is 0 Å². The number of rotatable bonds is 5. The Morgan fingerprint density at radius 2 is 1.44 bits per heavy atom. The summed E-state index contributed by atoms with van der Waals surface area (Å²) in [5.41, 5.74) is -0.762. The van der Waals surface area contributed by atoms with E-state index >= 15 is 0 Å². The van der Waals surface area contributed by atoms with Gasteiger partial charge in [0.2, 0.25) is 0 Å². The van der Waals surface area contributed by atoms with E-state index in [1.165, 1.54) is 12.1 Å². The molecule has 0 saturated carbocycles. The Kier molecular flexibility index (Phi) is 9.51. The fourth-order valence-electron chi connectivity index (χ4n) is 2.53. The Morgan fingerprint density at radius 1 is 0.844 bits per heavy atom. The second-order valence-corrected chi connectivity index (χ2v) is 8.69. The number of phenolic OH excluding ortho intramolecular Hbond substituents is 1. The SMILES string of the molecule is O=[N+]([O-])c1ccc(N=Nc2c(S(=O)(=O)O)cc3cc(S(=O)(=O)O)ccc3c2O)cc1.[NaH].[NaH]. The fourth-order valence-corrected chi connectivity index (χ4v) is 3.71. The minimum atomic E-state index is -4.93. The van der Waals surface area contributed by atoms with Gasteiger partial charge in [-0.05, 0) is 41.8 Å². The molecule has 0 heterocycles. The molecule has 3 rings (SSSR count). The van der Waals surface area contributed by atoms with Crippen molar-refractivity contribution in [1.29, 1.82) is 0 Å². The number of benzene rings is 3. The van der Waals surface area contributed by atoms with Gasteiger partial charge in [0, 0.05) is 17.5 Å². The van der Waals surface area contributed by atoms with E-state index in [0.717, 1.165) is 36.4 Å². The van der Waals surface area contributed by atoms with Crippen LogP contribution in [0.5, 0.6) is 5.75 Å². The molecule has 0 radical (unpaired) electrons. The van der Waals surface area contributed by atoms with Crippen LogP contribution in [0, 0.1) is 10.1 Å². The normalized spacial score (nSPS) is 11.7. The fraction of sp³-hybridized carbons (Fsp3) is 0. The molecule has 0 aliphatic heterocycles. The summed E-state index contributed by atoms with van der Waals surface area (Å²) >= 11 is 0. The maximum atomic E-state index is 11.8. The molecule has 0 fully saturated rings. The summed E-state index contributed by atoms with van der Waals surface area (Å²) in [6.07, 6.45) is 0. The maximum absolute atomic E-state index is 11.8. The van der Waals surface area contributed by atoms with Crippen LogP contribution in [0.2, 0.25) is 0 Å². The van der Waals surface area contributed by atoms with Gasteiger partial charge in [-0.3, -0.25) is 19.2 Å². The molecule has 16 heteroatoms. The van der Waals surface area contributed by atoms with Crippen LogP contribution < -0.4 is 0 Å². The molecular weight excluding hydrogens is 488 g/mol. The third kappa shape index (κ3) is 6.32.